The van der Waals surface area contributed by atoms with Crippen LogP contribution in [0.25, 0.3) is 17.0 Å². The fourth-order valence-corrected chi connectivity index (χ4v) is 5.41. The van der Waals surface area contributed by atoms with E-state index in [0.717, 1.165) is 47.2 Å². The van der Waals surface area contributed by atoms with Crippen LogP contribution in [0.3, 0.4) is 0 Å². The molecule has 0 bridgehead atoms. The van der Waals surface area contributed by atoms with Crippen molar-refractivity contribution in [2.45, 2.75) is 25.9 Å². The number of hydrogen-bond acceptors (Lipinski definition) is 10. The molecule has 12 heteroatoms. The molecule has 4 aromatic rings. The maximum Gasteiger partial charge on any atom is 0.214 e. The van der Waals surface area contributed by atoms with E-state index in [1.165, 1.54) is 11.8 Å². The molecule has 11 nitrogen and oxygen atoms in total. The lowest BCUT2D eigenvalue weighted by molar-refractivity contribution is -0.170. The first-order valence-electron chi connectivity index (χ1n) is 13.9. The molecule has 2 aromatic carbocycles. The lowest BCUT2D eigenvalue weighted by Crippen LogP contribution is -2.29. The molecule has 3 heterocycles. The first kappa shape index (κ1) is 29.5. The van der Waals surface area contributed by atoms with Crippen LogP contribution in [-0.2, 0) is 32.5 Å². The van der Waals surface area contributed by atoms with Crippen molar-refractivity contribution in [2.24, 2.45) is 0 Å². The third-order valence-corrected chi connectivity index (χ3v) is 8.01. The first-order valence-corrected chi connectivity index (χ1v) is 16.0. The van der Waals surface area contributed by atoms with Crippen molar-refractivity contribution < 1.29 is 18.0 Å². The third-order valence-electron chi connectivity index (χ3n) is 7.09. The molecule has 1 N–H and O–H groups in total. The van der Waals surface area contributed by atoms with Gasteiger partial charge in [0.05, 0.1) is 50.0 Å². The summed E-state index contributed by atoms with van der Waals surface area (Å²) in [4.78, 5) is 17.1. The summed E-state index contributed by atoms with van der Waals surface area (Å²) in [5, 5.41) is 10.8. The normalized spacial score (nSPS) is 13.3. The van der Waals surface area contributed by atoms with Gasteiger partial charge in [0.15, 0.2) is 0 Å². The highest BCUT2D eigenvalue weighted by Crippen LogP contribution is 2.30. The van der Waals surface area contributed by atoms with Gasteiger partial charge in [0.2, 0.25) is 5.88 Å². The van der Waals surface area contributed by atoms with E-state index in [1.807, 2.05) is 53.2 Å². The van der Waals surface area contributed by atoms with Gasteiger partial charge >= 0.3 is 0 Å². The van der Waals surface area contributed by atoms with Crippen LogP contribution in [0.5, 0.6) is 0 Å². The monoisotopic (exact) mass is 591 g/mol. The van der Waals surface area contributed by atoms with Gasteiger partial charge in [-0.2, -0.15) is 5.10 Å². The van der Waals surface area contributed by atoms with Crippen LogP contribution in [0.15, 0.2) is 66.9 Å². The van der Waals surface area contributed by atoms with Crippen LogP contribution in [0.1, 0.15) is 29.7 Å². The zero-order chi connectivity index (χ0) is 29.5. The molecule has 5 rings (SSSR count). The average Bonchev–Trinajstić information content (AvgIpc) is 3.37. The highest BCUT2D eigenvalue weighted by molar-refractivity contribution is 7.90. The predicted molar refractivity (Wildman–Crippen MR) is 164 cm³/mol. The Balaban J connectivity index is 1.20. The summed E-state index contributed by atoms with van der Waals surface area (Å²) < 4.78 is 30.4. The molecule has 0 radical (unpaired) electrons. The van der Waals surface area contributed by atoms with Gasteiger partial charge in [0, 0.05) is 35.5 Å². The molecular weight excluding hydrogens is 554 g/mol. The van der Waals surface area contributed by atoms with E-state index < -0.39 is 9.84 Å². The van der Waals surface area contributed by atoms with Gasteiger partial charge in [-0.25, -0.2) is 23.4 Å². The van der Waals surface area contributed by atoms with Crippen molar-refractivity contribution in [2.75, 3.05) is 51.2 Å². The number of hydrogen-bond donors (Lipinski definition) is 1. The Labute approximate surface area is 246 Å². The fraction of sp³-hybridized carbons (Fsp3) is 0.367. The van der Waals surface area contributed by atoms with Crippen LogP contribution in [0.2, 0.25) is 0 Å². The topological polar surface area (TPSA) is 115 Å². The second kappa shape index (κ2) is 13.3. The highest BCUT2D eigenvalue weighted by atomic mass is 32.2. The summed E-state index contributed by atoms with van der Waals surface area (Å²) in [6.07, 6.45) is 8.29. The van der Waals surface area contributed by atoms with Gasteiger partial charge in [-0.1, -0.05) is 30.3 Å². The zero-order valence-corrected chi connectivity index (χ0v) is 25.0. The molecule has 2 aromatic heterocycles. The molecule has 0 fully saturated rings. The Hall–Kier alpha value is -4.00. The Bertz CT molecular complexity index is 1640. The van der Waals surface area contributed by atoms with Gasteiger partial charge in [-0.15, -0.1) is 0 Å². The number of fused-ring (bicyclic) bond motifs is 2. The first-order chi connectivity index (χ1) is 20.3. The quantitative estimate of drug-likeness (QED) is 0.215. The maximum absolute atomic E-state index is 11.4. The minimum absolute atomic E-state index is 0.169. The molecule has 0 saturated heterocycles. The number of anilines is 2. The van der Waals surface area contributed by atoms with Crippen molar-refractivity contribution in [3.63, 3.8) is 0 Å². The van der Waals surface area contributed by atoms with E-state index >= 15 is 0 Å². The Kier molecular flexibility index (Phi) is 9.35. The second-order valence-corrected chi connectivity index (χ2v) is 12.7. The van der Waals surface area contributed by atoms with Crippen LogP contribution < -0.4 is 5.32 Å². The van der Waals surface area contributed by atoms with E-state index in [0.29, 0.717) is 37.9 Å². The summed E-state index contributed by atoms with van der Waals surface area (Å²) in [7, 11) is 0.592. The molecule has 1 aliphatic heterocycles. The standard InChI is InChI=1S/C30H37N7O4S/c1-35(14-16-42(3,38)39)13-7-8-15-41-37-21-27-26(18-29(37)40-2)30(32-22-31-27)34-25-11-12-28-24(17-25)19-33-36(28)20-23-9-5-4-6-10-23/h4-6,9-12,17-19,22H,7-8,13-16,20-21H2,1-3H3,(H,31,32,34). The number of methoxy groups -OCH3 is 1. The molecule has 0 spiro atoms. The lowest BCUT2D eigenvalue weighted by atomic mass is 10.1. The third kappa shape index (κ3) is 7.64. The fourth-order valence-electron chi connectivity index (χ4n) is 4.76. The van der Waals surface area contributed by atoms with E-state index in [-0.39, 0.29) is 5.75 Å². The van der Waals surface area contributed by atoms with Gasteiger partial charge < -0.3 is 15.0 Å². The molecular formula is C30H37N7O4S. The van der Waals surface area contributed by atoms with E-state index in [1.54, 1.807) is 18.5 Å². The molecule has 0 amide bonds. The number of aromatic nitrogens is 4. The van der Waals surface area contributed by atoms with Gasteiger partial charge in [-0.05, 0) is 50.2 Å². The van der Waals surface area contributed by atoms with Crippen LogP contribution >= 0.6 is 0 Å². The summed E-state index contributed by atoms with van der Waals surface area (Å²) >= 11 is 0. The molecule has 0 saturated carbocycles. The Morgan fingerprint density at radius 2 is 1.90 bits per heavy atom. The van der Waals surface area contributed by atoms with Crippen molar-refractivity contribution in [3.05, 3.63) is 83.8 Å². The van der Waals surface area contributed by atoms with Crippen LogP contribution in [0.4, 0.5) is 11.5 Å². The lowest BCUT2D eigenvalue weighted by Gasteiger charge is -2.29. The van der Waals surface area contributed by atoms with E-state index in [2.05, 4.69) is 44.6 Å². The van der Waals surface area contributed by atoms with E-state index in [9.17, 15) is 8.42 Å². The number of hydroxylamine groups is 2. The SMILES string of the molecule is COC1=Cc2c(ncnc2Nc2ccc3c(cnn3Cc3ccccc3)c2)CN1OCCCCN(C)CCS(C)(=O)=O. The highest BCUT2D eigenvalue weighted by Gasteiger charge is 2.24. The van der Waals surface area contributed by atoms with Gasteiger partial charge in [-0.3, -0.25) is 9.52 Å². The smallest absolute Gasteiger partial charge is 0.214 e. The molecule has 0 unspecified atom stereocenters. The number of nitrogens with zero attached hydrogens (tertiary/aromatic N) is 6. The molecule has 0 atom stereocenters. The molecule has 0 aliphatic carbocycles. The van der Waals surface area contributed by atoms with Crippen molar-refractivity contribution in [1.29, 1.82) is 0 Å². The molecule has 1 aliphatic rings. The Morgan fingerprint density at radius 3 is 2.69 bits per heavy atom. The molecule has 42 heavy (non-hydrogen) atoms. The Morgan fingerprint density at radius 1 is 1.07 bits per heavy atom. The van der Waals surface area contributed by atoms with E-state index in [4.69, 9.17) is 9.57 Å². The summed E-state index contributed by atoms with van der Waals surface area (Å²) in [6.45, 7) is 2.97. The molecule has 222 valence electrons. The predicted octanol–water partition coefficient (Wildman–Crippen LogP) is 4.07. The minimum Gasteiger partial charge on any atom is -0.481 e. The summed E-state index contributed by atoms with van der Waals surface area (Å²) in [5.41, 5.74) is 4.83. The van der Waals surface area contributed by atoms with Crippen LogP contribution in [0, 0.1) is 0 Å². The maximum atomic E-state index is 11.4. The van der Waals surface area contributed by atoms with Crippen molar-refractivity contribution >= 4 is 38.3 Å². The number of unbranched alkanes of at least 4 members (excludes halogenated alkanes) is 1. The summed E-state index contributed by atoms with van der Waals surface area (Å²) in [5.74, 6) is 1.42. The number of sulfone groups is 1. The van der Waals surface area contributed by atoms with Gasteiger partial charge in [0.25, 0.3) is 0 Å². The second-order valence-electron chi connectivity index (χ2n) is 10.5. The largest absolute Gasteiger partial charge is 0.481 e. The van der Waals surface area contributed by atoms with Gasteiger partial charge in [0.1, 0.15) is 22.0 Å². The minimum atomic E-state index is -2.95. The van der Waals surface area contributed by atoms with Crippen LogP contribution in [-0.4, -0.2) is 84.0 Å². The van der Waals surface area contributed by atoms with Crippen molar-refractivity contribution in [1.82, 2.24) is 29.7 Å². The number of ether oxygens (including phenoxy) is 1. The number of benzene rings is 2. The number of nitrogens with one attached hydrogen (secondary N) is 1. The number of rotatable bonds is 14. The average molecular weight is 592 g/mol. The van der Waals surface area contributed by atoms with Crippen molar-refractivity contribution in [3.8, 4) is 0 Å². The summed E-state index contributed by atoms with van der Waals surface area (Å²) in [6, 6.07) is 16.4. The zero-order valence-electron chi connectivity index (χ0n) is 24.2.